The van der Waals surface area contributed by atoms with Gasteiger partial charge in [0.1, 0.15) is 5.82 Å². The fourth-order valence-electron chi connectivity index (χ4n) is 2.30. The van der Waals surface area contributed by atoms with Gasteiger partial charge in [0.2, 0.25) is 0 Å². The third kappa shape index (κ3) is 4.38. The number of pyridine rings is 1. The standard InChI is InChI=1S/C19H19N5O/c1-13-3-4-14(2)17(11-13)22-19(25)16-5-6-18(24-23-16)21-12-15-7-9-20-10-8-15/h3-11H,12H2,1-2H3,(H,21,24)(H,22,25). The second-order valence-electron chi connectivity index (χ2n) is 5.79. The van der Waals surface area contributed by atoms with E-state index in [0.29, 0.717) is 12.4 Å². The summed E-state index contributed by atoms with van der Waals surface area (Å²) in [5, 5.41) is 14.1. The number of anilines is 2. The number of carbonyl (C=O) groups is 1. The van der Waals surface area contributed by atoms with E-state index in [2.05, 4.69) is 25.8 Å². The molecule has 0 radical (unpaired) electrons. The van der Waals surface area contributed by atoms with Crippen molar-refractivity contribution in [1.29, 1.82) is 0 Å². The van der Waals surface area contributed by atoms with Crippen LogP contribution in [0.4, 0.5) is 11.5 Å². The number of rotatable bonds is 5. The van der Waals surface area contributed by atoms with E-state index in [9.17, 15) is 4.79 Å². The van der Waals surface area contributed by atoms with Gasteiger partial charge in [-0.15, -0.1) is 10.2 Å². The quantitative estimate of drug-likeness (QED) is 0.748. The highest BCUT2D eigenvalue weighted by molar-refractivity contribution is 6.03. The van der Waals surface area contributed by atoms with Crippen molar-refractivity contribution < 1.29 is 4.79 Å². The molecule has 1 aromatic carbocycles. The number of aryl methyl sites for hydroxylation is 2. The van der Waals surface area contributed by atoms with Crippen LogP contribution in [0.5, 0.6) is 0 Å². The number of nitrogens with zero attached hydrogens (tertiary/aromatic N) is 3. The van der Waals surface area contributed by atoms with Crippen LogP contribution in [0.3, 0.4) is 0 Å². The zero-order valence-electron chi connectivity index (χ0n) is 14.2. The monoisotopic (exact) mass is 333 g/mol. The minimum Gasteiger partial charge on any atom is -0.365 e. The average Bonchev–Trinajstić information content (AvgIpc) is 2.64. The van der Waals surface area contributed by atoms with E-state index in [-0.39, 0.29) is 11.6 Å². The molecule has 3 rings (SSSR count). The molecule has 3 aromatic rings. The highest BCUT2D eigenvalue weighted by Gasteiger charge is 2.10. The first-order valence-electron chi connectivity index (χ1n) is 7.97. The summed E-state index contributed by atoms with van der Waals surface area (Å²) >= 11 is 0. The summed E-state index contributed by atoms with van der Waals surface area (Å²) in [6.45, 7) is 4.55. The minimum absolute atomic E-state index is 0.273. The van der Waals surface area contributed by atoms with Gasteiger partial charge in [-0.1, -0.05) is 12.1 Å². The molecular weight excluding hydrogens is 314 g/mol. The Morgan fingerprint density at radius 2 is 1.80 bits per heavy atom. The summed E-state index contributed by atoms with van der Waals surface area (Å²) in [4.78, 5) is 16.3. The molecular formula is C19H19N5O. The van der Waals surface area contributed by atoms with Crippen molar-refractivity contribution in [3.05, 3.63) is 77.2 Å². The Kier molecular flexibility index (Phi) is 4.99. The van der Waals surface area contributed by atoms with Gasteiger partial charge in [0.15, 0.2) is 5.69 Å². The van der Waals surface area contributed by atoms with Gasteiger partial charge >= 0.3 is 0 Å². The van der Waals surface area contributed by atoms with Crippen LogP contribution in [0.25, 0.3) is 0 Å². The normalized spacial score (nSPS) is 10.3. The Bertz CT molecular complexity index is 863. The van der Waals surface area contributed by atoms with Crippen LogP contribution in [0.1, 0.15) is 27.2 Å². The maximum Gasteiger partial charge on any atom is 0.276 e. The van der Waals surface area contributed by atoms with Crippen molar-refractivity contribution in [2.45, 2.75) is 20.4 Å². The first kappa shape index (κ1) is 16.6. The molecule has 126 valence electrons. The van der Waals surface area contributed by atoms with Crippen LogP contribution < -0.4 is 10.6 Å². The largest absolute Gasteiger partial charge is 0.365 e. The Morgan fingerprint density at radius 3 is 2.52 bits per heavy atom. The molecule has 0 saturated carbocycles. The minimum atomic E-state index is -0.276. The van der Waals surface area contributed by atoms with Crippen LogP contribution in [0.15, 0.2) is 54.9 Å². The third-order valence-corrected chi connectivity index (χ3v) is 3.76. The Morgan fingerprint density at radius 1 is 1.00 bits per heavy atom. The van der Waals surface area contributed by atoms with Crippen LogP contribution in [0, 0.1) is 13.8 Å². The molecule has 0 aliphatic carbocycles. The second kappa shape index (κ2) is 7.53. The number of carbonyl (C=O) groups excluding carboxylic acids is 1. The number of nitrogens with one attached hydrogen (secondary N) is 2. The molecule has 2 aromatic heterocycles. The lowest BCUT2D eigenvalue weighted by atomic mass is 10.1. The highest BCUT2D eigenvalue weighted by atomic mass is 16.1. The molecule has 0 spiro atoms. The molecule has 0 bridgehead atoms. The Hall–Kier alpha value is -3.28. The van der Waals surface area contributed by atoms with Crippen LogP contribution in [-0.2, 0) is 6.54 Å². The van der Waals surface area contributed by atoms with E-state index < -0.39 is 0 Å². The van der Waals surface area contributed by atoms with E-state index in [4.69, 9.17) is 0 Å². The fraction of sp³-hybridized carbons (Fsp3) is 0.158. The first-order valence-corrected chi connectivity index (χ1v) is 7.97. The van der Waals surface area contributed by atoms with Gasteiger partial charge in [-0.05, 0) is 60.9 Å². The van der Waals surface area contributed by atoms with Crippen LogP contribution >= 0.6 is 0 Å². The molecule has 0 saturated heterocycles. The van der Waals surface area contributed by atoms with E-state index in [1.807, 2.05) is 44.2 Å². The summed E-state index contributed by atoms with van der Waals surface area (Å²) < 4.78 is 0. The number of aromatic nitrogens is 3. The van der Waals surface area contributed by atoms with Crippen LogP contribution in [-0.4, -0.2) is 21.1 Å². The van der Waals surface area contributed by atoms with Gasteiger partial charge in [-0.25, -0.2) is 0 Å². The molecule has 0 atom stereocenters. The lowest BCUT2D eigenvalue weighted by molar-refractivity contribution is 0.102. The smallest absolute Gasteiger partial charge is 0.276 e. The van der Waals surface area contributed by atoms with Gasteiger partial charge in [0.05, 0.1) is 0 Å². The van der Waals surface area contributed by atoms with Gasteiger partial charge < -0.3 is 10.6 Å². The Balaban J connectivity index is 1.63. The predicted molar refractivity (Wildman–Crippen MR) is 97.5 cm³/mol. The lowest BCUT2D eigenvalue weighted by Crippen LogP contribution is -2.15. The molecule has 6 heteroatoms. The molecule has 1 amide bonds. The molecule has 0 fully saturated rings. The highest BCUT2D eigenvalue weighted by Crippen LogP contribution is 2.17. The van der Waals surface area contributed by atoms with Gasteiger partial charge in [0, 0.05) is 24.6 Å². The lowest BCUT2D eigenvalue weighted by Gasteiger charge is -2.09. The van der Waals surface area contributed by atoms with Gasteiger partial charge in [0.25, 0.3) is 5.91 Å². The van der Waals surface area contributed by atoms with Crippen LogP contribution in [0.2, 0.25) is 0 Å². The van der Waals surface area contributed by atoms with E-state index in [1.54, 1.807) is 24.5 Å². The van der Waals surface area contributed by atoms with Crippen molar-refractivity contribution in [3.63, 3.8) is 0 Å². The Labute approximate surface area is 146 Å². The van der Waals surface area contributed by atoms with E-state index in [0.717, 1.165) is 22.4 Å². The molecule has 2 heterocycles. The van der Waals surface area contributed by atoms with Crippen molar-refractivity contribution in [3.8, 4) is 0 Å². The van der Waals surface area contributed by atoms with Crippen molar-refractivity contribution in [2.24, 2.45) is 0 Å². The molecule has 2 N–H and O–H groups in total. The molecule has 6 nitrogen and oxygen atoms in total. The summed E-state index contributed by atoms with van der Waals surface area (Å²) in [5.41, 5.74) is 4.24. The fourth-order valence-corrected chi connectivity index (χ4v) is 2.30. The zero-order valence-corrected chi connectivity index (χ0v) is 14.2. The summed E-state index contributed by atoms with van der Waals surface area (Å²) in [6.07, 6.45) is 3.48. The zero-order chi connectivity index (χ0) is 17.6. The summed E-state index contributed by atoms with van der Waals surface area (Å²) in [6, 6.07) is 13.2. The first-order chi connectivity index (χ1) is 12.1. The summed E-state index contributed by atoms with van der Waals surface area (Å²) in [7, 11) is 0. The average molecular weight is 333 g/mol. The molecule has 0 aliphatic heterocycles. The SMILES string of the molecule is Cc1ccc(C)c(NC(=O)c2ccc(NCc3ccncc3)nn2)c1. The maximum atomic E-state index is 12.3. The molecule has 0 unspecified atom stereocenters. The molecule has 25 heavy (non-hydrogen) atoms. The topological polar surface area (TPSA) is 79.8 Å². The maximum absolute atomic E-state index is 12.3. The van der Waals surface area contributed by atoms with E-state index in [1.165, 1.54) is 0 Å². The van der Waals surface area contributed by atoms with Crippen molar-refractivity contribution in [1.82, 2.24) is 15.2 Å². The van der Waals surface area contributed by atoms with Crippen molar-refractivity contribution >= 4 is 17.4 Å². The predicted octanol–water partition coefficient (Wildman–Crippen LogP) is 3.35. The van der Waals surface area contributed by atoms with E-state index >= 15 is 0 Å². The van der Waals surface area contributed by atoms with Gasteiger partial charge in [-0.2, -0.15) is 0 Å². The second-order valence-corrected chi connectivity index (χ2v) is 5.79. The number of amides is 1. The van der Waals surface area contributed by atoms with Crippen molar-refractivity contribution in [2.75, 3.05) is 10.6 Å². The number of benzene rings is 1. The summed E-state index contributed by atoms with van der Waals surface area (Å²) in [5.74, 6) is 0.335. The molecule has 0 aliphatic rings. The third-order valence-electron chi connectivity index (χ3n) is 3.76. The van der Waals surface area contributed by atoms with Gasteiger partial charge in [-0.3, -0.25) is 9.78 Å². The number of hydrogen-bond donors (Lipinski definition) is 2. The number of hydrogen-bond acceptors (Lipinski definition) is 5.